The predicted molar refractivity (Wildman–Crippen MR) is 139 cm³/mol. The quantitative estimate of drug-likeness (QED) is 0.394. The van der Waals surface area contributed by atoms with Gasteiger partial charge in [0, 0.05) is 36.1 Å². The van der Waals surface area contributed by atoms with E-state index in [1.54, 1.807) is 24.3 Å². The first-order valence-electron chi connectivity index (χ1n) is 12.3. The number of urea groups is 1. The first-order chi connectivity index (χ1) is 17.4. The van der Waals surface area contributed by atoms with Crippen LogP contribution in [0.15, 0.2) is 48.5 Å². The van der Waals surface area contributed by atoms with Crippen LogP contribution in [0.3, 0.4) is 0 Å². The van der Waals surface area contributed by atoms with E-state index in [2.05, 4.69) is 30.8 Å². The lowest BCUT2D eigenvalue weighted by molar-refractivity contribution is 0.0299. The number of rotatable bonds is 7. The summed E-state index contributed by atoms with van der Waals surface area (Å²) in [5, 5.41) is 18.1. The molecule has 2 aliphatic rings. The number of ether oxygens (including phenoxy) is 1. The number of amides is 2. The van der Waals surface area contributed by atoms with Gasteiger partial charge < -0.3 is 30.7 Å². The van der Waals surface area contributed by atoms with Gasteiger partial charge in [-0.1, -0.05) is 12.1 Å². The summed E-state index contributed by atoms with van der Waals surface area (Å²) in [6, 6.07) is 14.2. The summed E-state index contributed by atoms with van der Waals surface area (Å²) in [4.78, 5) is 28.7. The van der Waals surface area contributed by atoms with Crippen molar-refractivity contribution in [3.05, 3.63) is 54.1 Å². The number of carbonyl (C=O) groups excluding carboxylic acids is 1. The van der Waals surface area contributed by atoms with E-state index in [0.717, 1.165) is 37.1 Å². The van der Waals surface area contributed by atoms with Gasteiger partial charge in [-0.2, -0.15) is 15.0 Å². The minimum Gasteiger partial charge on any atom is -0.392 e. The standard InChI is InChI=1S/C26H31N7O3/c1-16(2)27-24-30-23(31-25(32-24)33-13-21-11-12-22(14-33)36-21)18-5-9-20(10-6-18)29-26(35)28-19-7-3-17(15-34)4-8-19/h3-10,16,21-22,34H,11-15H2,1-2H3,(H2,28,29,35)(H,27,30,31,32). The van der Waals surface area contributed by atoms with E-state index in [4.69, 9.17) is 14.8 Å². The molecule has 2 saturated heterocycles. The Labute approximate surface area is 210 Å². The smallest absolute Gasteiger partial charge is 0.323 e. The molecule has 1 aromatic heterocycles. The third kappa shape index (κ3) is 5.72. The molecule has 2 aromatic carbocycles. The van der Waals surface area contributed by atoms with Gasteiger partial charge in [0.2, 0.25) is 11.9 Å². The summed E-state index contributed by atoms with van der Waals surface area (Å²) in [5.41, 5.74) is 2.89. The van der Waals surface area contributed by atoms with E-state index in [1.807, 2.05) is 38.1 Å². The van der Waals surface area contributed by atoms with Crippen molar-refractivity contribution in [1.29, 1.82) is 0 Å². The molecule has 3 heterocycles. The van der Waals surface area contributed by atoms with Crippen LogP contribution >= 0.6 is 0 Å². The van der Waals surface area contributed by atoms with Crippen molar-refractivity contribution < 1.29 is 14.6 Å². The van der Waals surface area contributed by atoms with Crippen molar-refractivity contribution >= 4 is 29.3 Å². The zero-order valence-electron chi connectivity index (χ0n) is 20.4. The molecule has 0 spiro atoms. The Morgan fingerprint density at radius 2 is 1.58 bits per heavy atom. The lowest BCUT2D eigenvalue weighted by Crippen LogP contribution is -2.43. The Kier molecular flexibility index (Phi) is 6.97. The maximum absolute atomic E-state index is 12.4. The number of aliphatic hydroxyl groups is 1. The summed E-state index contributed by atoms with van der Waals surface area (Å²) in [7, 11) is 0. The lowest BCUT2D eigenvalue weighted by Gasteiger charge is -2.32. The molecule has 2 aliphatic heterocycles. The normalized spacial score (nSPS) is 18.8. The van der Waals surface area contributed by atoms with Crippen molar-refractivity contribution in [1.82, 2.24) is 15.0 Å². The van der Waals surface area contributed by atoms with Gasteiger partial charge in [-0.25, -0.2) is 4.79 Å². The molecule has 0 aliphatic carbocycles. The Hall–Kier alpha value is -3.76. The number of anilines is 4. The fourth-order valence-corrected chi connectivity index (χ4v) is 4.43. The van der Waals surface area contributed by atoms with E-state index >= 15 is 0 Å². The van der Waals surface area contributed by atoms with E-state index in [9.17, 15) is 4.79 Å². The van der Waals surface area contributed by atoms with Crippen LogP contribution in [-0.2, 0) is 11.3 Å². The molecule has 2 bridgehead atoms. The molecule has 0 saturated carbocycles. The molecule has 2 atom stereocenters. The summed E-state index contributed by atoms with van der Waals surface area (Å²) in [6.45, 7) is 5.61. The third-order valence-corrected chi connectivity index (χ3v) is 6.16. The summed E-state index contributed by atoms with van der Waals surface area (Å²) in [6.07, 6.45) is 2.61. The van der Waals surface area contributed by atoms with Crippen molar-refractivity contribution in [2.75, 3.05) is 33.9 Å². The van der Waals surface area contributed by atoms with Crippen molar-refractivity contribution in [2.45, 2.75) is 51.5 Å². The lowest BCUT2D eigenvalue weighted by atomic mass is 10.2. The van der Waals surface area contributed by atoms with Gasteiger partial charge in [-0.15, -0.1) is 0 Å². The number of nitrogens with zero attached hydrogens (tertiary/aromatic N) is 4. The van der Waals surface area contributed by atoms with Crippen molar-refractivity contribution in [3.8, 4) is 11.4 Å². The Balaban J connectivity index is 1.31. The van der Waals surface area contributed by atoms with E-state index in [1.165, 1.54) is 0 Å². The number of carbonyl (C=O) groups is 1. The minimum atomic E-state index is -0.354. The van der Waals surface area contributed by atoms with Gasteiger partial charge in [-0.05, 0) is 68.7 Å². The fraction of sp³-hybridized carbons (Fsp3) is 0.385. The van der Waals surface area contributed by atoms with Crippen molar-refractivity contribution in [3.63, 3.8) is 0 Å². The van der Waals surface area contributed by atoms with Gasteiger partial charge in [0.15, 0.2) is 5.82 Å². The van der Waals surface area contributed by atoms with E-state index in [-0.39, 0.29) is 30.9 Å². The third-order valence-electron chi connectivity index (χ3n) is 6.16. The predicted octanol–water partition coefficient (Wildman–Crippen LogP) is 3.86. The Bertz CT molecular complexity index is 1190. The Morgan fingerprint density at radius 1 is 0.972 bits per heavy atom. The van der Waals surface area contributed by atoms with Crippen LogP contribution < -0.4 is 20.9 Å². The zero-order chi connectivity index (χ0) is 25.1. The van der Waals surface area contributed by atoms with Gasteiger partial charge in [0.05, 0.1) is 18.8 Å². The maximum Gasteiger partial charge on any atom is 0.323 e. The largest absolute Gasteiger partial charge is 0.392 e. The highest BCUT2D eigenvalue weighted by Crippen LogP contribution is 2.29. The average Bonchev–Trinajstić information content (AvgIpc) is 3.21. The van der Waals surface area contributed by atoms with Crippen LogP contribution in [0.1, 0.15) is 32.3 Å². The monoisotopic (exact) mass is 489 g/mol. The van der Waals surface area contributed by atoms with Crippen LogP contribution in [-0.4, -0.2) is 57.4 Å². The number of fused-ring (bicyclic) bond motifs is 2. The molecule has 10 heteroatoms. The summed E-state index contributed by atoms with van der Waals surface area (Å²) >= 11 is 0. The first-order valence-corrected chi connectivity index (χ1v) is 12.3. The zero-order valence-corrected chi connectivity index (χ0v) is 20.4. The second kappa shape index (κ2) is 10.5. The second-order valence-electron chi connectivity index (χ2n) is 9.46. The number of hydrogen-bond acceptors (Lipinski definition) is 8. The average molecular weight is 490 g/mol. The number of hydrogen-bond donors (Lipinski definition) is 4. The molecular weight excluding hydrogens is 458 g/mol. The summed E-state index contributed by atoms with van der Waals surface area (Å²) < 4.78 is 5.97. The van der Waals surface area contributed by atoms with Crippen LogP contribution in [0.5, 0.6) is 0 Å². The number of morpholine rings is 1. The molecule has 10 nitrogen and oxygen atoms in total. The highest BCUT2D eigenvalue weighted by molar-refractivity contribution is 5.99. The molecule has 3 aromatic rings. The van der Waals surface area contributed by atoms with Crippen LogP contribution in [0.4, 0.5) is 28.1 Å². The molecular formula is C26H31N7O3. The van der Waals surface area contributed by atoms with Gasteiger partial charge in [0.1, 0.15) is 0 Å². The SMILES string of the molecule is CC(C)Nc1nc(-c2ccc(NC(=O)Nc3ccc(CO)cc3)cc2)nc(N2CC3CCC(C2)O3)n1. The fourth-order valence-electron chi connectivity index (χ4n) is 4.43. The highest BCUT2D eigenvalue weighted by atomic mass is 16.5. The molecule has 2 unspecified atom stereocenters. The first kappa shape index (κ1) is 24.0. The van der Waals surface area contributed by atoms with Gasteiger partial charge in [0.25, 0.3) is 0 Å². The van der Waals surface area contributed by atoms with Crippen LogP contribution in [0.25, 0.3) is 11.4 Å². The minimum absolute atomic E-state index is 0.0377. The van der Waals surface area contributed by atoms with E-state index < -0.39 is 0 Å². The molecule has 2 fully saturated rings. The molecule has 5 rings (SSSR count). The van der Waals surface area contributed by atoms with Crippen LogP contribution in [0.2, 0.25) is 0 Å². The van der Waals surface area contributed by atoms with Gasteiger partial charge >= 0.3 is 6.03 Å². The maximum atomic E-state index is 12.4. The number of aliphatic hydroxyl groups excluding tert-OH is 1. The van der Waals surface area contributed by atoms with Crippen LogP contribution in [0, 0.1) is 0 Å². The summed E-state index contributed by atoms with van der Waals surface area (Å²) in [5.74, 6) is 1.76. The topological polar surface area (TPSA) is 125 Å². The Morgan fingerprint density at radius 3 is 2.17 bits per heavy atom. The van der Waals surface area contributed by atoms with E-state index in [0.29, 0.717) is 29.1 Å². The number of nitrogens with one attached hydrogen (secondary N) is 3. The molecule has 188 valence electrons. The van der Waals surface area contributed by atoms with Crippen molar-refractivity contribution in [2.24, 2.45) is 0 Å². The number of aromatic nitrogens is 3. The highest BCUT2D eigenvalue weighted by Gasteiger charge is 2.35. The molecule has 4 N–H and O–H groups in total. The molecule has 0 radical (unpaired) electrons. The second-order valence-corrected chi connectivity index (χ2v) is 9.46. The van der Waals surface area contributed by atoms with Gasteiger partial charge in [-0.3, -0.25) is 0 Å². The number of benzene rings is 2. The molecule has 2 amide bonds. The molecule has 36 heavy (non-hydrogen) atoms.